The highest BCUT2D eigenvalue weighted by Crippen LogP contribution is 2.34. The summed E-state index contributed by atoms with van der Waals surface area (Å²) in [5.41, 5.74) is 1.15. The molecule has 0 fully saturated rings. The molecule has 0 saturated carbocycles. The smallest absolute Gasteiger partial charge is 0.335 e. The SMILES string of the molecule is O=C(Cc1ccncc1)Nc1cc(C(=O)O)cc2cc(Cl)cc(Cl)c12. The van der Waals surface area contributed by atoms with E-state index in [0.29, 0.717) is 26.5 Å². The molecule has 5 nitrogen and oxygen atoms in total. The van der Waals surface area contributed by atoms with Crippen molar-refractivity contribution in [3.63, 3.8) is 0 Å². The number of fused-ring (bicyclic) bond motifs is 1. The molecular formula is C18H12Cl2N2O3. The first-order valence-corrected chi connectivity index (χ1v) is 8.04. The van der Waals surface area contributed by atoms with Gasteiger partial charge in [-0.3, -0.25) is 9.78 Å². The maximum absolute atomic E-state index is 12.3. The van der Waals surface area contributed by atoms with Crippen LogP contribution in [0.5, 0.6) is 0 Å². The summed E-state index contributed by atoms with van der Waals surface area (Å²) < 4.78 is 0. The van der Waals surface area contributed by atoms with Crippen molar-refractivity contribution < 1.29 is 14.7 Å². The minimum atomic E-state index is -1.11. The Hall–Kier alpha value is -2.63. The van der Waals surface area contributed by atoms with E-state index in [2.05, 4.69) is 10.3 Å². The van der Waals surface area contributed by atoms with Crippen LogP contribution in [0.25, 0.3) is 10.8 Å². The predicted molar refractivity (Wildman–Crippen MR) is 97.5 cm³/mol. The Labute approximate surface area is 153 Å². The summed E-state index contributed by atoms with van der Waals surface area (Å²) in [6, 6.07) is 9.47. The molecule has 1 aromatic heterocycles. The third-order valence-corrected chi connectivity index (χ3v) is 4.12. The van der Waals surface area contributed by atoms with Gasteiger partial charge in [-0.05, 0) is 47.3 Å². The summed E-state index contributed by atoms with van der Waals surface area (Å²) in [5, 5.41) is 13.8. The van der Waals surface area contributed by atoms with Crippen molar-refractivity contribution in [2.24, 2.45) is 0 Å². The number of anilines is 1. The Balaban J connectivity index is 2.02. The number of nitrogens with one attached hydrogen (secondary N) is 1. The van der Waals surface area contributed by atoms with Gasteiger partial charge >= 0.3 is 5.97 Å². The van der Waals surface area contributed by atoms with Gasteiger partial charge in [0, 0.05) is 22.8 Å². The van der Waals surface area contributed by atoms with Crippen LogP contribution in [0.4, 0.5) is 5.69 Å². The molecule has 0 radical (unpaired) electrons. The number of benzene rings is 2. The predicted octanol–water partition coefficient (Wildman–Crippen LogP) is 4.42. The van der Waals surface area contributed by atoms with Crippen LogP contribution in [0.15, 0.2) is 48.8 Å². The molecule has 2 N–H and O–H groups in total. The first-order valence-electron chi connectivity index (χ1n) is 7.29. The molecule has 1 heterocycles. The highest BCUT2D eigenvalue weighted by atomic mass is 35.5. The molecule has 126 valence electrons. The summed E-state index contributed by atoms with van der Waals surface area (Å²) in [6.45, 7) is 0. The van der Waals surface area contributed by atoms with Gasteiger partial charge in [-0.25, -0.2) is 4.79 Å². The van der Waals surface area contributed by atoms with E-state index in [4.69, 9.17) is 23.2 Å². The molecular weight excluding hydrogens is 363 g/mol. The molecule has 25 heavy (non-hydrogen) atoms. The first kappa shape index (κ1) is 17.2. The van der Waals surface area contributed by atoms with Crippen molar-refractivity contribution in [2.75, 3.05) is 5.32 Å². The van der Waals surface area contributed by atoms with Crippen molar-refractivity contribution in [1.29, 1.82) is 0 Å². The normalized spacial score (nSPS) is 10.6. The van der Waals surface area contributed by atoms with Crippen LogP contribution >= 0.6 is 23.2 Å². The molecule has 0 aliphatic heterocycles. The summed E-state index contributed by atoms with van der Waals surface area (Å²) in [5.74, 6) is -1.40. The zero-order valence-corrected chi connectivity index (χ0v) is 14.3. The molecule has 2 aromatic carbocycles. The summed E-state index contributed by atoms with van der Waals surface area (Å²) in [6.07, 6.45) is 3.33. The molecule has 3 aromatic rings. The molecule has 0 saturated heterocycles. The van der Waals surface area contributed by atoms with Gasteiger partial charge in [0.15, 0.2) is 0 Å². The van der Waals surface area contributed by atoms with Crippen LogP contribution in [0, 0.1) is 0 Å². The molecule has 0 spiro atoms. The zero-order valence-electron chi connectivity index (χ0n) is 12.8. The number of aromatic nitrogens is 1. The highest BCUT2D eigenvalue weighted by Gasteiger charge is 2.15. The number of carboxylic acid groups (broad SMARTS) is 1. The number of nitrogens with zero attached hydrogens (tertiary/aromatic N) is 1. The molecule has 0 unspecified atom stereocenters. The number of rotatable bonds is 4. The Bertz CT molecular complexity index is 975. The van der Waals surface area contributed by atoms with Crippen LogP contribution in [-0.2, 0) is 11.2 Å². The topological polar surface area (TPSA) is 79.3 Å². The van der Waals surface area contributed by atoms with Gasteiger partial charge in [-0.2, -0.15) is 0 Å². The molecule has 3 rings (SSSR count). The van der Waals surface area contributed by atoms with Crippen LogP contribution in [0.2, 0.25) is 10.0 Å². The van der Waals surface area contributed by atoms with E-state index in [-0.39, 0.29) is 17.9 Å². The largest absolute Gasteiger partial charge is 0.478 e. The van der Waals surface area contributed by atoms with Gasteiger partial charge in [-0.1, -0.05) is 23.2 Å². The van der Waals surface area contributed by atoms with E-state index in [0.717, 1.165) is 5.56 Å². The van der Waals surface area contributed by atoms with E-state index in [9.17, 15) is 14.7 Å². The van der Waals surface area contributed by atoms with Crippen molar-refractivity contribution in [2.45, 2.75) is 6.42 Å². The average molecular weight is 375 g/mol. The first-order chi connectivity index (χ1) is 11.9. The minimum absolute atomic E-state index is 0.0324. The monoisotopic (exact) mass is 374 g/mol. The van der Waals surface area contributed by atoms with E-state index < -0.39 is 5.97 Å². The molecule has 7 heteroatoms. The number of aromatic carboxylic acids is 1. The van der Waals surface area contributed by atoms with Crippen LogP contribution < -0.4 is 5.32 Å². The van der Waals surface area contributed by atoms with E-state index in [1.165, 1.54) is 12.1 Å². The number of hydrogen-bond acceptors (Lipinski definition) is 3. The summed E-state index contributed by atoms with van der Waals surface area (Å²) in [4.78, 5) is 27.6. The maximum Gasteiger partial charge on any atom is 0.335 e. The number of carbonyl (C=O) groups excluding carboxylic acids is 1. The third-order valence-electron chi connectivity index (χ3n) is 3.60. The van der Waals surface area contributed by atoms with Crippen molar-refractivity contribution in [3.05, 3.63) is 70.0 Å². The minimum Gasteiger partial charge on any atom is -0.478 e. The van der Waals surface area contributed by atoms with E-state index in [1.54, 1.807) is 36.7 Å². The van der Waals surface area contributed by atoms with Gasteiger partial charge < -0.3 is 10.4 Å². The van der Waals surface area contributed by atoms with Crippen LogP contribution in [0.1, 0.15) is 15.9 Å². The Morgan fingerprint density at radius 2 is 1.80 bits per heavy atom. The Kier molecular flexibility index (Phi) is 4.88. The lowest BCUT2D eigenvalue weighted by atomic mass is 10.0. The molecule has 0 aliphatic rings. The molecule has 0 atom stereocenters. The summed E-state index contributed by atoms with van der Waals surface area (Å²) in [7, 11) is 0. The number of carbonyl (C=O) groups is 2. The molecule has 0 bridgehead atoms. The number of amides is 1. The number of carboxylic acids is 1. The highest BCUT2D eigenvalue weighted by molar-refractivity contribution is 6.40. The zero-order chi connectivity index (χ0) is 18.0. The number of halogens is 2. The fourth-order valence-corrected chi connectivity index (χ4v) is 3.14. The maximum atomic E-state index is 12.3. The van der Waals surface area contributed by atoms with Crippen LogP contribution in [-0.4, -0.2) is 22.0 Å². The van der Waals surface area contributed by atoms with Gasteiger partial charge in [0.05, 0.1) is 22.7 Å². The number of pyridine rings is 1. The Morgan fingerprint density at radius 3 is 2.48 bits per heavy atom. The van der Waals surface area contributed by atoms with Crippen LogP contribution in [0.3, 0.4) is 0 Å². The lowest BCUT2D eigenvalue weighted by Gasteiger charge is -2.12. The second kappa shape index (κ2) is 7.09. The Morgan fingerprint density at radius 1 is 1.08 bits per heavy atom. The standard InChI is InChI=1S/C18H12Cl2N2O3/c19-13-7-11-6-12(18(24)25)8-15(17(11)14(20)9-13)22-16(23)5-10-1-3-21-4-2-10/h1-4,6-9H,5H2,(H,22,23)(H,24,25). The van der Waals surface area contributed by atoms with Gasteiger partial charge in [0.2, 0.25) is 5.91 Å². The lowest BCUT2D eigenvalue weighted by molar-refractivity contribution is -0.115. The second-order valence-electron chi connectivity index (χ2n) is 5.40. The second-order valence-corrected chi connectivity index (χ2v) is 6.24. The quantitative estimate of drug-likeness (QED) is 0.708. The fourth-order valence-electron chi connectivity index (χ4n) is 2.53. The van der Waals surface area contributed by atoms with Gasteiger partial charge in [0.1, 0.15) is 0 Å². The van der Waals surface area contributed by atoms with Crippen molar-refractivity contribution in [3.8, 4) is 0 Å². The van der Waals surface area contributed by atoms with Gasteiger partial charge in [-0.15, -0.1) is 0 Å². The van der Waals surface area contributed by atoms with Crippen molar-refractivity contribution in [1.82, 2.24) is 4.98 Å². The molecule has 1 amide bonds. The van der Waals surface area contributed by atoms with Crippen molar-refractivity contribution >= 4 is 51.5 Å². The van der Waals surface area contributed by atoms with E-state index >= 15 is 0 Å². The fraction of sp³-hybridized carbons (Fsp3) is 0.0556. The number of hydrogen-bond donors (Lipinski definition) is 2. The summed E-state index contributed by atoms with van der Waals surface area (Å²) >= 11 is 12.2. The van der Waals surface area contributed by atoms with Gasteiger partial charge in [0.25, 0.3) is 0 Å². The van der Waals surface area contributed by atoms with E-state index in [1.807, 2.05) is 0 Å². The lowest BCUT2D eigenvalue weighted by Crippen LogP contribution is -2.15. The molecule has 0 aliphatic carbocycles. The third kappa shape index (κ3) is 3.90. The average Bonchev–Trinajstić information content (AvgIpc) is 2.54.